The number of rotatable bonds is 3. The molecule has 0 aromatic carbocycles. The van der Waals surface area contributed by atoms with E-state index >= 15 is 0 Å². The number of hydrogen-bond acceptors (Lipinski definition) is 4. The fraction of sp³-hybridized carbons (Fsp3) is 0.684. The number of nitrogens with two attached hydrogens (primary N) is 1. The first-order chi connectivity index (χ1) is 11.5. The maximum Gasteiger partial charge on any atom is 0.285 e. The summed E-state index contributed by atoms with van der Waals surface area (Å²) >= 11 is 1.24. The van der Waals surface area contributed by atoms with E-state index in [0.717, 1.165) is 12.8 Å². The highest BCUT2D eigenvalue weighted by atomic mass is 32.2. The highest BCUT2D eigenvalue weighted by Crippen LogP contribution is 2.38. The van der Waals surface area contributed by atoms with Gasteiger partial charge in [-0.2, -0.15) is 4.99 Å². The van der Waals surface area contributed by atoms with Crippen LogP contribution in [0.1, 0.15) is 54.4 Å². The molecule has 0 aromatic heterocycles. The Bertz CT molecular complexity index is 494. The fourth-order valence-corrected chi connectivity index (χ4v) is 3.84. The van der Waals surface area contributed by atoms with Gasteiger partial charge in [0.1, 0.15) is 6.61 Å². The van der Waals surface area contributed by atoms with Gasteiger partial charge in [0.05, 0.1) is 11.0 Å². The number of hydrogen-bond donors (Lipinski definition) is 1. The lowest BCUT2D eigenvalue weighted by atomic mass is 9.74. The summed E-state index contributed by atoms with van der Waals surface area (Å²) in [4.78, 5) is 16.1. The van der Waals surface area contributed by atoms with Gasteiger partial charge in [-0.1, -0.05) is 53.5 Å². The van der Waals surface area contributed by atoms with Gasteiger partial charge in [-0.25, -0.2) is 0 Å². The first-order valence-corrected chi connectivity index (χ1v) is 9.66. The molecule has 136 valence electrons. The zero-order chi connectivity index (χ0) is 18.7. The molecule has 1 aliphatic heterocycles. The normalized spacial score (nSPS) is 30.5. The van der Waals surface area contributed by atoms with Crippen LogP contribution in [0, 0.1) is 30.1 Å². The predicted molar refractivity (Wildman–Crippen MR) is 105 cm³/mol. The van der Waals surface area contributed by atoms with Crippen molar-refractivity contribution in [3.05, 3.63) is 11.0 Å². The predicted octanol–water partition coefficient (Wildman–Crippen LogP) is 4.21. The molecule has 0 aromatic rings. The Labute approximate surface area is 151 Å². The highest BCUT2D eigenvalue weighted by Gasteiger charge is 2.35. The van der Waals surface area contributed by atoms with E-state index in [1.807, 2.05) is 33.8 Å². The van der Waals surface area contributed by atoms with Crippen LogP contribution in [0.5, 0.6) is 0 Å². The van der Waals surface area contributed by atoms with E-state index in [9.17, 15) is 4.79 Å². The number of nitrogens with zero attached hydrogens (tertiary/aromatic N) is 1. The molecule has 5 heteroatoms. The van der Waals surface area contributed by atoms with Crippen molar-refractivity contribution in [2.24, 2.45) is 28.5 Å². The number of ether oxygens (including phenoxy) is 1. The fourth-order valence-electron chi connectivity index (χ4n) is 3.11. The Hall–Kier alpha value is -1.25. The van der Waals surface area contributed by atoms with Gasteiger partial charge < -0.3 is 10.5 Å². The molecule has 4 atom stereocenters. The minimum atomic E-state index is -0.242. The monoisotopic (exact) mass is 352 g/mol. The van der Waals surface area contributed by atoms with Crippen LogP contribution in [0.4, 0.5) is 0 Å². The molecule has 1 amide bonds. The van der Waals surface area contributed by atoms with Gasteiger partial charge in [-0.3, -0.25) is 4.79 Å². The maximum atomic E-state index is 11.7. The van der Waals surface area contributed by atoms with Crippen molar-refractivity contribution in [1.82, 2.24) is 0 Å². The topological polar surface area (TPSA) is 64.7 Å². The summed E-state index contributed by atoms with van der Waals surface area (Å²) in [6.07, 6.45) is 9.44. The Balaban J connectivity index is 0.00000123. The molecular weight excluding hydrogens is 320 g/mol. The van der Waals surface area contributed by atoms with Crippen molar-refractivity contribution in [1.29, 1.82) is 0 Å². The van der Waals surface area contributed by atoms with Crippen LogP contribution >= 0.6 is 11.8 Å². The molecule has 4 nitrogen and oxygen atoms in total. The summed E-state index contributed by atoms with van der Waals surface area (Å²) in [6.45, 7) is 12.7. The smallest absolute Gasteiger partial charge is 0.285 e. The largest absolute Gasteiger partial charge is 0.378 e. The molecule has 2 aliphatic rings. The van der Waals surface area contributed by atoms with Crippen molar-refractivity contribution in [3.63, 3.8) is 0 Å². The molecular formula is C19H32N2O2S. The molecule has 4 unspecified atom stereocenters. The highest BCUT2D eigenvalue weighted by molar-refractivity contribution is 8.18. The molecule has 0 radical (unpaired) electrons. The SMILES string of the molecule is C#CCOC1C(C)CC(C)CC1/C=C1\SC(N)=NC1=O.CC.CC. The van der Waals surface area contributed by atoms with E-state index in [0.29, 0.717) is 28.5 Å². The summed E-state index contributed by atoms with van der Waals surface area (Å²) in [5.41, 5.74) is 5.58. The third-order valence-corrected chi connectivity index (χ3v) is 4.62. The third kappa shape index (κ3) is 6.70. The summed E-state index contributed by atoms with van der Waals surface area (Å²) in [5, 5.41) is 0.319. The number of thioether (sulfide) groups is 1. The van der Waals surface area contributed by atoms with E-state index in [4.69, 9.17) is 16.9 Å². The molecule has 2 N–H and O–H groups in total. The summed E-state index contributed by atoms with van der Waals surface area (Å²) in [6, 6.07) is 0. The average molecular weight is 353 g/mol. The molecule has 0 spiro atoms. The second-order valence-electron chi connectivity index (χ2n) is 5.59. The van der Waals surface area contributed by atoms with E-state index in [2.05, 4.69) is 24.8 Å². The van der Waals surface area contributed by atoms with Gasteiger partial charge in [0.15, 0.2) is 5.17 Å². The maximum absolute atomic E-state index is 11.7. The van der Waals surface area contributed by atoms with Crippen LogP contribution in [0.2, 0.25) is 0 Å². The average Bonchev–Trinajstić information content (AvgIpc) is 2.88. The van der Waals surface area contributed by atoms with Crippen LogP contribution in [-0.4, -0.2) is 23.8 Å². The number of terminal acetylenes is 1. The molecule has 1 heterocycles. The standard InChI is InChI=1S/C15H20N2O2S.2C2H6/c1-4-5-19-13-10(3)6-9(2)7-11(13)8-12-14(18)17-15(16)20-12;2*1-2/h1,8-11,13H,5-7H2,2-3H3,(H2,16,17,18);2*1-2H3/b12-8-;;. The molecule has 1 aliphatic carbocycles. The van der Waals surface area contributed by atoms with E-state index in [-0.39, 0.29) is 17.9 Å². The van der Waals surface area contributed by atoms with E-state index in [1.165, 1.54) is 11.8 Å². The first-order valence-electron chi connectivity index (χ1n) is 8.84. The Morgan fingerprint density at radius 3 is 2.46 bits per heavy atom. The van der Waals surface area contributed by atoms with Crippen LogP contribution in [0.15, 0.2) is 16.0 Å². The van der Waals surface area contributed by atoms with Gasteiger partial charge >= 0.3 is 0 Å². The van der Waals surface area contributed by atoms with Crippen molar-refractivity contribution < 1.29 is 9.53 Å². The zero-order valence-corrected chi connectivity index (χ0v) is 16.7. The minimum absolute atomic E-state index is 0.0602. The quantitative estimate of drug-likeness (QED) is 0.610. The van der Waals surface area contributed by atoms with Gasteiger partial charge in [0, 0.05) is 5.92 Å². The third-order valence-electron chi connectivity index (χ3n) is 3.79. The summed E-state index contributed by atoms with van der Waals surface area (Å²) < 4.78 is 5.81. The number of amides is 1. The lowest BCUT2D eigenvalue weighted by molar-refractivity contribution is -0.113. The number of aliphatic imine (C=N–C) groups is 1. The van der Waals surface area contributed by atoms with Crippen molar-refractivity contribution in [2.75, 3.05) is 6.61 Å². The zero-order valence-electron chi connectivity index (χ0n) is 15.8. The van der Waals surface area contributed by atoms with E-state index < -0.39 is 0 Å². The molecule has 0 bridgehead atoms. The second-order valence-corrected chi connectivity index (χ2v) is 6.65. The second kappa shape index (κ2) is 12.2. The first kappa shape index (κ1) is 22.8. The summed E-state index contributed by atoms with van der Waals surface area (Å²) in [5.74, 6) is 3.50. The Kier molecular flexibility index (Phi) is 11.5. The van der Waals surface area contributed by atoms with Crippen LogP contribution < -0.4 is 5.73 Å². The molecule has 1 fully saturated rings. The Morgan fingerprint density at radius 1 is 1.33 bits per heavy atom. The van der Waals surface area contributed by atoms with Gasteiger partial charge in [0.2, 0.25) is 0 Å². The van der Waals surface area contributed by atoms with Crippen LogP contribution in [-0.2, 0) is 9.53 Å². The molecule has 0 saturated heterocycles. The van der Waals surface area contributed by atoms with Crippen molar-refractivity contribution in [2.45, 2.75) is 60.5 Å². The van der Waals surface area contributed by atoms with Crippen LogP contribution in [0.25, 0.3) is 0 Å². The number of amidine groups is 1. The van der Waals surface area contributed by atoms with Crippen molar-refractivity contribution in [3.8, 4) is 12.3 Å². The molecule has 24 heavy (non-hydrogen) atoms. The van der Waals surface area contributed by atoms with E-state index in [1.54, 1.807) is 0 Å². The van der Waals surface area contributed by atoms with Gasteiger partial charge in [0.25, 0.3) is 5.91 Å². The minimum Gasteiger partial charge on any atom is -0.378 e. The lowest BCUT2D eigenvalue weighted by Gasteiger charge is -2.38. The lowest BCUT2D eigenvalue weighted by Crippen LogP contribution is -2.36. The van der Waals surface area contributed by atoms with Crippen LogP contribution in [0.3, 0.4) is 0 Å². The molecule has 1 saturated carbocycles. The number of carbonyl (C=O) groups excluding carboxylic acids is 1. The molecule has 2 rings (SSSR count). The summed E-state index contributed by atoms with van der Waals surface area (Å²) in [7, 11) is 0. The Morgan fingerprint density at radius 2 is 1.96 bits per heavy atom. The number of carbonyl (C=O) groups is 1. The van der Waals surface area contributed by atoms with Crippen molar-refractivity contribution >= 4 is 22.8 Å². The van der Waals surface area contributed by atoms with Gasteiger partial charge in [-0.05, 0) is 36.4 Å². The van der Waals surface area contributed by atoms with Gasteiger partial charge in [-0.15, -0.1) is 6.42 Å².